The Kier molecular flexibility index (Phi) is 6.38. The van der Waals surface area contributed by atoms with Gasteiger partial charge in [-0.2, -0.15) is 0 Å². The average molecular weight is 460 g/mol. The highest BCUT2D eigenvalue weighted by Crippen LogP contribution is 2.27. The number of benzene rings is 3. The van der Waals surface area contributed by atoms with Crippen LogP contribution in [0.25, 0.3) is 22.3 Å². The number of Topliss-reactive ketones (excluding diaryl/α,β-unsaturated/α-hetero) is 1. The van der Waals surface area contributed by atoms with Crippen molar-refractivity contribution in [1.82, 2.24) is 9.55 Å². The summed E-state index contributed by atoms with van der Waals surface area (Å²) in [5.74, 6) is -0.390. The van der Waals surface area contributed by atoms with Crippen LogP contribution in [0.4, 0.5) is 5.69 Å². The maximum Gasteiger partial charge on any atom is 0.278 e. The Morgan fingerprint density at radius 1 is 1.03 bits per heavy atom. The van der Waals surface area contributed by atoms with Crippen LogP contribution >= 0.6 is 11.6 Å². The van der Waals surface area contributed by atoms with E-state index in [0.717, 1.165) is 5.56 Å². The van der Waals surface area contributed by atoms with Crippen molar-refractivity contribution in [2.24, 2.45) is 0 Å². The number of nitrogens with zero attached hydrogens (tertiary/aromatic N) is 2. The number of carbonyl (C=O) groups is 2. The molecule has 0 saturated carbocycles. The summed E-state index contributed by atoms with van der Waals surface area (Å²) >= 11 is 5.94. The van der Waals surface area contributed by atoms with E-state index < -0.39 is 5.56 Å². The molecule has 0 atom stereocenters. The largest absolute Gasteiger partial charge is 0.325 e. The van der Waals surface area contributed by atoms with Gasteiger partial charge in [-0.1, -0.05) is 42.3 Å². The Morgan fingerprint density at radius 2 is 1.76 bits per heavy atom. The lowest BCUT2D eigenvalue weighted by molar-refractivity contribution is -0.115. The fraction of sp³-hybridized carbons (Fsp3) is 0.154. The Labute approximate surface area is 195 Å². The first-order valence-electron chi connectivity index (χ1n) is 10.6. The van der Waals surface area contributed by atoms with Crippen molar-refractivity contribution in [3.63, 3.8) is 0 Å². The minimum absolute atomic E-state index is 0.154. The molecule has 1 heterocycles. The molecule has 0 bridgehead atoms. The number of anilines is 1. The number of nitrogens with one attached hydrogen (secondary N) is 1. The van der Waals surface area contributed by atoms with Gasteiger partial charge in [-0.15, -0.1) is 0 Å². The first-order chi connectivity index (χ1) is 15.9. The Balaban J connectivity index is 1.89. The molecule has 4 rings (SSSR count). The van der Waals surface area contributed by atoms with Crippen LogP contribution < -0.4 is 10.9 Å². The van der Waals surface area contributed by atoms with Crippen LogP contribution in [0.15, 0.2) is 71.5 Å². The Hall–Kier alpha value is -3.77. The third kappa shape index (κ3) is 4.71. The smallest absolute Gasteiger partial charge is 0.278 e. The second-order valence-electron chi connectivity index (χ2n) is 7.72. The molecule has 1 N–H and O–H groups in total. The summed E-state index contributed by atoms with van der Waals surface area (Å²) in [4.78, 5) is 43.3. The number of aromatic nitrogens is 2. The third-order valence-corrected chi connectivity index (χ3v) is 5.60. The summed E-state index contributed by atoms with van der Waals surface area (Å²) < 4.78 is 1.43. The highest BCUT2D eigenvalue weighted by Gasteiger charge is 2.19. The number of amides is 1. The van der Waals surface area contributed by atoms with Crippen molar-refractivity contribution >= 4 is 40.0 Å². The Morgan fingerprint density at radius 3 is 2.48 bits per heavy atom. The topological polar surface area (TPSA) is 81.1 Å². The van der Waals surface area contributed by atoms with Crippen LogP contribution in [0.2, 0.25) is 5.02 Å². The van der Waals surface area contributed by atoms with E-state index in [-0.39, 0.29) is 23.9 Å². The van der Waals surface area contributed by atoms with Crippen LogP contribution in [-0.2, 0) is 11.3 Å². The lowest BCUT2D eigenvalue weighted by atomic mass is 10.1. The van der Waals surface area contributed by atoms with Crippen LogP contribution in [0.1, 0.15) is 29.3 Å². The number of carbonyl (C=O) groups excluding carboxylic acids is 2. The second kappa shape index (κ2) is 9.38. The van der Waals surface area contributed by atoms with E-state index in [1.165, 1.54) is 4.57 Å². The number of para-hydroxylation sites is 2. The average Bonchev–Trinajstić information content (AvgIpc) is 2.82. The van der Waals surface area contributed by atoms with E-state index in [1.807, 2.05) is 25.1 Å². The van der Waals surface area contributed by atoms with E-state index in [0.29, 0.717) is 39.3 Å². The zero-order chi connectivity index (χ0) is 23.5. The number of hydrogen-bond donors (Lipinski definition) is 1. The van der Waals surface area contributed by atoms with Gasteiger partial charge in [-0.25, -0.2) is 4.98 Å². The molecule has 0 radical (unpaired) electrons. The molecule has 0 aliphatic rings. The molecule has 0 aliphatic heterocycles. The molecule has 3 aromatic carbocycles. The SMILES string of the molecule is CCC(=O)Nc1ccc(C)cc1-c1nc2ccccc2n(CC(=O)c2ccc(Cl)cc2)c1=O. The molecule has 4 aromatic rings. The lowest BCUT2D eigenvalue weighted by Crippen LogP contribution is -2.27. The van der Waals surface area contributed by atoms with E-state index in [2.05, 4.69) is 10.3 Å². The normalized spacial score (nSPS) is 10.9. The standard InChI is InChI=1S/C26H22ClN3O3/c1-3-24(32)28-20-13-8-16(2)14-19(20)25-26(33)30(22-7-5-4-6-21(22)29-25)15-23(31)17-9-11-18(27)12-10-17/h4-14H,3,15H2,1-2H3,(H,28,32). The van der Waals surface area contributed by atoms with E-state index in [9.17, 15) is 14.4 Å². The summed E-state index contributed by atoms with van der Waals surface area (Å²) in [6.07, 6.45) is 0.304. The van der Waals surface area contributed by atoms with Crippen molar-refractivity contribution in [3.05, 3.63) is 93.2 Å². The molecule has 7 heteroatoms. The van der Waals surface area contributed by atoms with Gasteiger partial charge in [0.05, 0.1) is 23.3 Å². The number of aryl methyl sites for hydroxylation is 1. The fourth-order valence-electron chi connectivity index (χ4n) is 3.60. The number of fused-ring (bicyclic) bond motifs is 1. The van der Waals surface area contributed by atoms with Crippen molar-refractivity contribution in [3.8, 4) is 11.3 Å². The van der Waals surface area contributed by atoms with Crippen molar-refractivity contribution in [1.29, 1.82) is 0 Å². The van der Waals surface area contributed by atoms with Gasteiger partial charge in [0.25, 0.3) is 5.56 Å². The highest BCUT2D eigenvalue weighted by molar-refractivity contribution is 6.30. The molecule has 0 aliphatic carbocycles. The number of ketones is 1. The van der Waals surface area contributed by atoms with Gasteiger partial charge in [0.1, 0.15) is 5.69 Å². The number of rotatable bonds is 6. The molecule has 0 fully saturated rings. The molecule has 33 heavy (non-hydrogen) atoms. The molecule has 1 aromatic heterocycles. The lowest BCUT2D eigenvalue weighted by Gasteiger charge is -2.15. The molecule has 0 spiro atoms. The van der Waals surface area contributed by atoms with Crippen LogP contribution in [0.3, 0.4) is 0 Å². The summed E-state index contributed by atoms with van der Waals surface area (Å²) in [5.41, 5.74) is 3.29. The van der Waals surface area contributed by atoms with Crippen LogP contribution in [0.5, 0.6) is 0 Å². The molecule has 6 nitrogen and oxygen atoms in total. The molecule has 1 amide bonds. The summed E-state index contributed by atoms with van der Waals surface area (Å²) in [7, 11) is 0. The molecule has 0 unspecified atom stereocenters. The van der Waals surface area contributed by atoms with Crippen LogP contribution in [-0.4, -0.2) is 21.2 Å². The predicted octanol–water partition coefficient (Wildman–Crippen LogP) is 5.26. The minimum atomic E-state index is -0.409. The van der Waals surface area contributed by atoms with Crippen molar-refractivity contribution < 1.29 is 9.59 Å². The first-order valence-corrected chi connectivity index (χ1v) is 10.9. The van der Waals surface area contributed by atoms with Gasteiger partial charge in [0.15, 0.2) is 5.78 Å². The van der Waals surface area contributed by atoms with Gasteiger partial charge in [-0.05, 0) is 55.5 Å². The quantitative estimate of drug-likeness (QED) is 0.399. The van der Waals surface area contributed by atoms with Crippen molar-refractivity contribution in [2.75, 3.05) is 5.32 Å². The number of halogens is 1. The minimum Gasteiger partial charge on any atom is -0.325 e. The third-order valence-electron chi connectivity index (χ3n) is 5.35. The van der Waals surface area contributed by atoms with Crippen molar-refractivity contribution in [2.45, 2.75) is 26.8 Å². The van der Waals surface area contributed by atoms with Crippen LogP contribution in [0, 0.1) is 6.92 Å². The maximum atomic E-state index is 13.6. The fourth-order valence-corrected chi connectivity index (χ4v) is 3.72. The Bertz CT molecular complexity index is 1430. The van der Waals surface area contributed by atoms with Gasteiger partial charge in [0.2, 0.25) is 5.91 Å². The number of hydrogen-bond acceptors (Lipinski definition) is 4. The highest BCUT2D eigenvalue weighted by atomic mass is 35.5. The van der Waals surface area contributed by atoms with E-state index >= 15 is 0 Å². The van der Waals surface area contributed by atoms with Gasteiger partial charge >= 0.3 is 0 Å². The van der Waals surface area contributed by atoms with E-state index in [4.69, 9.17) is 11.6 Å². The monoisotopic (exact) mass is 459 g/mol. The molecule has 0 saturated heterocycles. The van der Waals surface area contributed by atoms with Gasteiger partial charge in [-0.3, -0.25) is 19.0 Å². The predicted molar refractivity (Wildman–Crippen MR) is 131 cm³/mol. The zero-order valence-electron chi connectivity index (χ0n) is 18.3. The summed E-state index contributed by atoms with van der Waals surface area (Å²) in [6.45, 7) is 3.50. The van der Waals surface area contributed by atoms with Gasteiger partial charge in [0, 0.05) is 22.6 Å². The van der Waals surface area contributed by atoms with E-state index in [1.54, 1.807) is 55.5 Å². The molecule has 166 valence electrons. The maximum absolute atomic E-state index is 13.6. The molecular formula is C26H22ClN3O3. The zero-order valence-corrected chi connectivity index (χ0v) is 19.0. The second-order valence-corrected chi connectivity index (χ2v) is 8.16. The van der Waals surface area contributed by atoms with Gasteiger partial charge < -0.3 is 5.32 Å². The summed E-state index contributed by atoms with van der Waals surface area (Å²) in [5, 5.41) is 3.38. The molecular weight excluding hydrogens is 438 g/mol. The first kappa shape index (κ1) is 22.4. The summed E-state index contributed by atoms with van der Waals surface area (Å²) in [6, 6.07) is 19.2.